The molecule has 18 heteroatoms. The van der Waals surface area contributed by atoms with Gasteiger partial charge in [0.15, 0.2) is 0 Å². The second-order valence-corrected chi connectivity index (χ2v) is 23.2. The number of phenolic OH excluding ortho intramolecular Hbond substituents is 1. The van der Waals surface area contributed by atoms with Gasteiger partial charge < -0.3 is 55.8 Å². The monoisotopic (exact) mass is 1090 g/mol. The summed E-state index contributed by atoms with van der Waals surface area (Å²) in [4.78, 5) is 82.2. The normalized spacial score (nSPS) is 34.9. The summed E-state index contributed by atoms with van der Waals surface area (Å²) >= 11 is 0. The van der Waals surface area contributed by atoms with Crippen molar-refractivity contribution >= 4 is 35.4 Å². The Balaban J connectivity index is 1.35. The predicted molar refractivity (Wildman–Crippen MR) is 295 cm³/mol. The molecule has 1 aromatic carbocycles. The Labute approximate surface area is 461 Å². The van der Waals surface area contributed by atoms with Crippen LogP contribution in [0.2, 0.25) is 0 Å². The van der Waals surface area contributed by atoms with Crippen LogP contribution in [0, 0.1) is 47.3 Å². The van der Waals surface area contributed by atoms with Crippen LogP contribution in [0.5, 0.6) is 5.75 Å². The molecule has 0 radical (unpaired) electrons. The number of benzene rings is 1. The molecule has 0 saturated carbocycles. The number of aliphatic hydroxyl groups excluding tert-OH is 4. The van der Waals surface area contributed by atoms with Gasteiger partial charge in [-0.2, -0.15) is 0 Å². The predicted octanol–water partition coefficient (Wildman–Crippen LogP) is 5.41. The quantitative estimate of drug-likeness (QED) is 0.0786. The highest BCUT2D eigenvalue weighted by Gasteiger charge is 2.57. The number of fused-ring (bicyclic) bond motifs is 2. The Kier molecular flexibility index (Phi) is 23.9. The average Bonchev–Trinajstić information content (AvgIpc) is 3.51. The van der Waals surface area contributed by atoms with Crippen LogP contribution >= 0.6 is 0 Å². The molecule has 78 heavy (non-hydrogen) atoms. The molecule has 18 nitrogen and oxygen atoms in total. The summed E-state index contributed by atoms with van der Waals surface area (Å²) in [6.07, 6.45) is 10.6. The summed E-state index contributed by atoms with van der Waals surface area (Å²) in [6.45, 7) is 18.3. The van der Waals surface area contributed by atoms with Crippen molar-refractivity contribution in [2.45, 2.75) is 200 Å². The third-order valence-corrected chi connectivity index (χ3v) is 16.9. The van der Waals surface area contributed by atoms with Crippen molar-refractivity contribution in [2.24, 2.45) is 47.3 Å². The molecule has 4 aliphatic heterocycles. The van der Waals surface area contributed by atoms with Gasteiger partial charge in [0.05, 0.1) is 36.4 Å². The third kappa shape index (κ3) is 16.7. The van der Waals surface area contributed by atoms with Crippen LogP contribution < -0.4 is 21.4 Å². The van der Waals surface area contributed by atoms with Gasteiger partial charge >= 0.3 is 5.97 Å². The lowest BCUT2D eigenvalue weighted by atomic mass is 9.69. The number of ketones is 1. The SMILES string of the molecule is CC[C@@H]1C[C@@H](C)C2(NC1=O)O[C@@H](C[C@H](O)[C@@H](C)CC/C=C/C=C(\C)C1C/C=C/C=C/[C@@H](O)[C@H](C)[C@@H](O)[C@@H](CCC(C)=O)C(=O)NC(C(C)C)C(=O)N[C@@H](Cc3cccc(O)c3)C(=O)N3CCC[C@H](N3)C(=O)O1)[C@H](C)[C@H](O)[C@@H]2C. The number of nitrogens with one attached hydrogen (secondary N) is 4. The Hall–Kier alpha value is -5.24. The van der Waals surface area contributed by atoms with Crippen molar-refractivity contribution in [3.8, 4) is 5.75 Å². The first-order chi connectivity index (χ1) is 36.9. The highest BCUT2D eigenvalue weighted by Crippen LogP contribution is 2.46. The molecule has 0 aromatic heterocycles. The van der Waals surface area contributed by atoms with E-state index in [0.29, 0.717) is 49.7 Å². The average molecular weight is 1090 g/mol. The van der Waals surface area contributed by atoms with Crippen LogP contribution in [0.3, 0.4) is 0 Å². The molecule has 4 amide bonds. The fourth-order valence-corrected chi connectivity index (χ4v) is 11.3. The van der Waals surface area contributed by atoms with Crippen molar-refractivity contribution < 1.29 is 63.8 Å². The number of aliphatic hydroxyl groups is 4. The van der Waals surface area contributed by atoms with E-state index in [1.807, 2.05) is 52.8 Å². The lowest BCUT2D eigenvalue weighted by molar-refractivity contribution is -0.267. The maximum atomic E-state index is 14.5. The van der Waals surface area contributed by atoms with Crippen molar-refractivity contribution in [3.63, 3.8) is 0 Å². The second kappa shape index (κ2) is 29.3. The molecule has 4 heterocycles. The van der Waals surface area contributed by atoms with E-state index in [1.54, 1.807) is 51.1 Å². The van der Waals surface area contributed by atoms with Gasteiger partial charge in [-0.1, -0.05) is 110 Å². The Morgan fingerprint density at radius 3 is 2.36 bits per heavy atom. The van der Waals surface area contributed by atoms with E-state index in [0.717, 1.165) is 6.42 Å². The Morgan fingerprint density at radius 1 is 0.949 bits per heavy atom. The molecule has 5 rings (SSSR count). The number of nitrogens with zero attached hydrogens (tertiary/aromatic N) is 1. The maximum Gasteiger partial charge on any atom is 0.325 e. The summed E-state index contributed by atoms with van der Waals surface area (Å²) in [5.41, 5.74) is 3.27. The minimum absolute atomic E-state index is 0.0254. The van der Waals surface area contributed by atoms with E-state index < -0.39 is 102 Å². The minimum Gasteiger partial charge on any atom is -0.508 e. The van der Waals surface area contributed by atoms with Crippen molar-refractivity contribution in [1.82, 2.24) is 26.4 Å². The fourth-order valence-electron chi connectivity index (χ4n) is 11.3. The van der Waals surface area contributed by atoms with Crippen LogP contribution in [0.15, 0.2) is 72.4 Å². The molecule has 9 N–H and O–H groups in total. The van der Waals surface area contributed by atoms with E-state index in [4.69, 9.17) is 9.47 Å². The highest BCUT2D eigenvalue weighted by molar-refractivity contribution is 5.93. The number of Topliss-reactive ketones (excluding diaryl/α,β-unsaturated/α-hetero) is 1. The Bertz CT molecular complexity index is 2340. The zero-order valence-corrected chi connectivity index (χ0v) is 47.6. The summed E-state index contributed by atoms with van der Waals surface area (Å²) in [7, 11) is 0. The number of carbonyl (C=O) groups excluding carboxylic acids is 6. The maximum absolute atomic E-state index is 14.5. The van der Waals surface area contributed by atoms with Crippen LogP contribution in [-0.2, 0) is 44.7 Å². The zero-order chi connectivity index (χ0) is 57.6. The van der Waals surface area contributed by atoms with Gasteiger partial charge in [-0.05, 0) is 93.9 Å². The van der Waals surface area contributed by atoms with E-state index in [9.17, 15) is 54.3 Å². The number of piperidine rings is 1. The molecule has 4 aliphatic rings. The third-order valence-electron chi connectivity index (χ3n) is 16.9. The van der Waals surface area contributed by atoms with Gasteiger partial charge in [0, 0.05) is 61.8 Å². The number of phenols is 1. The summed E-state index contributed by atoms with van der Waals surface area (Å²) in [5, 5.41) is 66.1. The molecule has 3 unspecified atom stereocenters. The fraction of sp³-hybridized carbons (Fsp3) is 0.667. The number of esters is 1. The lowest BCUT2D eigenvalue weighted by Crippen LogP contribution is -2.71. The van der Waals surface area contributed by atoms with Crippen LogP contribution in [0.25, 0.3) is 0 Å². The first kappa shape index (κ1) is 63.6. The van der Waals surface area contributed by atoms with Crippen LogP contribution in [0.1, 0.15) is 139 Å². The number of hydrazine groups is 1. The second-order valence-electron chi connectivity index (χ2n) is 23.2. The van der Waals surface area contributed by atoms with Crippen molar-refractivity contribution in [3.05, 3.63) is 77.9 Å². The molecule has 3 saturated heterocycles. The van der Waals surface area contributed by atoms with Gasteiger partial charge in [0.1, 0.15) is 41.5 Å². The van der Waals surface area contributed by atoms with Gasteiger partial charge in [0.25, 0.3) is 5.91 Å². The number of cyclic esters (lactones) is 1. The molecule has 1 aromatic rings. The number of ether oxygens (including phenoxy) is 2. The number of allylic oxidation sites excluding steroid dienone is 5. The number of rotatable bonds is 15. The highest BCUT2D eigenvalue weighted by atomic mass is 16.5. The summed E-state index contributed by atoms with van der Waals surface area (Å²) in [5.74, 6) is -6.33. The number of aromatic hydroxyl groups is 1. The number of amides is 4. The molecular formula is C60H91N5O13. The number of hydrogen-bond donors (Lipinski definition) is 9. The molecule has 1 spiro atoms. The molecule has 3 fully saturated rings. The molecular weight excluding hydrogens is 999 g/mol. The van der Waals surface area contributed by atoms with Crippen molar-refractivity contribution in [1.29, 1.82) is 0 Å². The van der Waals surface area contributed by atoms with Gasteiger partial charge in [-0.25, -0.2) is 5.43 Å². The molecule has 17 atom stereocenters. The smallest absolute Gasteiger partial charge is 0.325 e. The van der Waals surface area contributed by atoms with Gasteiger partial charge in [0.2, 0.25) is 17.7 Å². The van der Waals surface area contributed by atoms with E-state index in [1.165, 1.54) is 30.1 Å². The van der Waals surface area contributed by atoms with E-state index in [2.05, 4.69) is 28.3 Å². The molecule has 0 aliphatic carbocycles. The van der Waals surface area contributed by atoms with Crippen LogP contribution in [-0.4, -0.2) is 133 Å². The summed E-state index contributed by atoms with van der Waals surface area (Å²) in [6, 6.07) is 2.90. The first-order valence-electron chi connectivity index (χ1n) is 28.4. The van der Waals surface area contributed by atoms with Crippen LogP contribution in [0.4, 0.5) is 0 Å². The van der Waals surface area contributed by atoms with E-state index in [-0.39, 0.29) is 79.3 Å². The first-order valence-corrected chi connectivity index (χ1v) is 28.4. The molecule has 434 valence electrons. The topological polar surface area (TPSA) is 273 Å². The zero-order valence-electron chi connectivity index (χ0n) is 47.6. The van der Waals surface area contributed by atoms with Gasteiger partial charge in [-0.3, -0.25) is 29.0 Å². The lowest BCUT2D eigenvalue weighted by Gasteiger charge is -2.56. The summed E-state index contributed by atoms with van der Waals surface area (Å²) < 4.78 is 12.9. The number of hydrogen-bond acceptors (Lipinski definition) is 14. The van der Waals surface area contributed by atoms with Crippen molar-refractivity contribution in [2.75, 3.05) is 6.54 Å². The van der Waals surface area contributed by atoms with E-state index >= 15 is 0 Å². The molecule has 2 bridgehead atoms. The Morgan fingerprint density at radius 2 is 1.68 bits per heavy atom. The largest absolute Gasteiger partial charge is 0.508 e. The number of carbonyl (C=O) groups is 6. The minimum atomic E-state index is -1.43. The standard InChI is InChI=1S/C60H91N5O13/c1-11-43-30-37(6)60(63-55(43)72)41(10)53(70)40(9)51(78-60)33-49(69)35(4)20-14-12-15-21-36(5)50-26-17-13-16-25-48(68)39(8)54(71)45(28-27-38(7)66)56(73)62-52(34(2)3)57(74)61-47(32-42-22-18-23-44(67)31-42)58(75)65-29-19-24-46(64-65)59(76)77-50/h12-13,15-18,21-23,25,31,34-35,37,39-41,43,45-54,64,67-71H,11,14,19-20,24,26-30,32-33H2,1-10H3,(H,61,74)(H,62,73)(H,63,72)/b15-12+,17-13+,25-16+,36-21+/t35-,37+,39-,40-,41-,43+,45+,46-,47-,48+,49-,50?,51-,52?,53-,54+,60?/m0/s1. The van der Waals surface area contributed by atoms with Gasteiger partial charge in [-0.15, -0.1) is 0 Å².